The molecule has 3 unspecified atom stereocenters. The van der Waals surface area contributed by atoms with Crippen molar-refractivity contribution in [1.29, 1.82) is 0 Å². The van der Waals surface area contributed by atoms with Crippen LogP contribution in [0.15, 0.2) is 0 Å². The fourth-order valence-corrected chi connectivity index (χ4v) is 12.7. The lowest BCUT2D eigenvalue weighted by Crippen LogP contribution is -2.30. The minimum Gasteiger partial charge on any atom is -0.462 e. The van der Waals surface area contributed by atoms with E-state index in [9.17, 15) is 43.2 Å². The number of rotatable bonds is 73. The summed E-state index contributed by atoms with van der Waals surface area (Å²) >= 11 is 0. The van der Waals surface area contributed by atoms with Crippen LogP contribution in [0.1, 0.15) is 381 Å². The Labute approximate surface area is 562 Å². The molecule has 0 bridgehead atoms. The van der Waals surface area contributed by atoms with Crippen molar-refractivity contribution < 1.29 is 80.2 Å². The summed E-state index contributed by atoms with van der Waals surface area (Å²) in [5.41, 5.74) is 0. The highest BCUT2D eigenvalue weighted by Crippen LogP contribution is 2.45. The molecule has 0 saturated carbocycles. The van der Waals surface area contributed by atoms with Crippen LogP contribution >= 0.6 is 15.6 Å². The zero-order valence-corrected chi connectivity index (χ0v) is 61.5. The standard InChI is InChI=1S/C73H142O17P2/c1-6-10-13-16-19-22-25-27-29-31-33-36-42-47-52-57-71(76)84-62-68(89-72(77)58-53-48-43-37-34-32-30-28-26-23-20-17-14-11-7-2)64-87-91(79,80)85-60-67(74)61-86-92(81,82)88-65-69(63-83-70(75)56-51-46-41-35-24-21-18-15-12-8-3)90-73(78)59-54-49-44-39-38-40-45-50-55-66(5)9-4/h66-69,74H,6-65H2,1-5H3,(H,79,80)(H,81,82)/t66?,67-,68-,69-/m1/s1. The third-order valence-corrected chi connectivity index (χ3v) is 19.3. The van der Waals surface area contributed by atoms with Gasteiger partial charge in [-0.25, -0.2) is 9.13 Å². The number of carbonyl (C=O) groups is 4. The largest absolute Gasteiger partial charge is 0.472 e. The van der Waals surface area contributed by atoms with E-state index in [1.165, 1.54) is 205 Å². The van der Waals surface area contributed by atoms with Gasteiger partial charge in [0.05, 0.1) is 26.4 Å². The van der Waals surface area contributed by atoms with Gasteiger partial charge in [0.25, 0.3) is 0 Å². The van der Waals surface area contributed by atoms with Gasteiger partial charge in [-0.1, -0.05) is 330 Å². The van der Waals surface area contributed by atoms with Crippen molar-refractivity contribution >= 4 is 39.5 Å². The van der Waals surface area contributed by atoms with Crippen molar-refractivity contribution in [1.82, 2.24) is 0 Å². The Balaban J connectivity index is 5.25. The SMILES string of the molecule is CCCCCCCCCCCCCCCCCC(=O)OC[C@H](COP(=O)(O)OC[C@@H](O)COP(=O)(O)OC[C@@H](COC(=O)CCCCCCCCCCCC)OC(=O)CCCCCCCCCCC(C)CC)OC(=O)CCCCCCCCCCCCCCCCC. The molecule has 0 aliphatic rings. The summed E-state index contributed by atoms with van der Waals surface area (Å²) in [5.74, 6) is -1.35. The number of aliphatic hydroxyl groups is 1. The van der Waals surface area contributed by atoms with Gasteiger partial charge in [-0.05, 0) is 31.6 Å². The van der Waals surface area contributed by atoms with Crippen LogP contribution in [0.25, 0.3) is 0 Å². The minimum absolute atomic E-state index is 0.105. The van der Waals surface area contributed by atoms with E-state index < -0.39 is 97.5 Å². The molecule has 17 nitrogen and oxygen atoms in total. The average molecular weight is 1350 g/mol. The Morgan fingerprint density at radius 2 is 0.522 bits per heavy atom. The van der Waals surface area contributed by atoms with Crippen LogP contribution < -0.4 is 0 Å². The van der Waals surface area contributed by atoms with E-state index in [0.29, 0.717) is 25.7 Å². The molecule has 0 radical (unpaired) electrons. The number of esters is 4. The number of unbranched alkanes of at least 4 members (excludes halogenated alkanes) is 44. The fraction of sp³-hybridized carbons (Fsp3) is 0.945. The molecule has 0 amide bonds. The highest BCUT2D eigenvalue weighted by Gasteiger charge is 2.30. The number of aliphatic hydroxyl groups excluding tert-OH is 1. The molecule has 0 heterocycles. The summed E-state index contributed by atoms with van der Waals surface area (Å²) in [7, 11) is -9.90. The third-order valence-electron chi connectivity index (χ3n) is 17.4. The topological polar surface area (TPSA) is 237 Å². The average Bonchev–Trinajstić information content (AvgIpc) is 2.82. The number of phosphoric acid groups is 2. The Hall–Kier alpha value is -1.94. The molecule has 3 N–H and O–H groups in total. The van der Waals surface area contributed by atoms with E-state index in [0.717, 1.165) is 95.8 Å². The monoisotopic (exact) mass is 1350 g/mol. The van der Waals surface area contributed by atoms with Crippen molar-refractivity contribution in [3.05, 3.63) is 0 Å². The summed E-state index contributed by atoms with van der Waals surface area (Å²) in [6, 6.07) is 0. The Morgan fingerprint density at radius 1 is 0.304 bits per heavy atom. The van der Waals surface area contributed by atoms with Crippen molar-refractivity contribution in [3.63, 3.8) is 0 Å². The molecule has 0 aliphatic heterocycles. The number of hydrogen-bond donors (Lipinski definition) is 3. The molecule has 546 valence electrons. The molecule has 0 spiro atoms. The lowest BCUT2D eigenvalue weighted by molar-refractivity contribution is -0.161. The van der Waals surface area contributed by atoms with Crippen LogP contribution in [-0.2, 0) is 65.4 Å². The van der Waals surface area contributed by atoms with Gasteiger partial charge in [0.1, 0.15) is 19.3 Å². The number of carbonyl (C=O) groups excluding carboxylic acids is 4. The van der Waals surface area contributed by atoms with E-state index in [4.69, 9.17) is 37.0 Å². The van der Waals surface area contributed by atoms with Gasteiger partial charge < -0.3 is 33.8 Å². The van der Waals surface area contributed by atoms with Crippen LogP contribution in [0.2, 0.25) is 0 Å². The number of phosphoric ester groups is 2. The van der Waals surface area contributed by atoms with E-state index >= 15 is 0 Å². The predicted octanol–water partition coefficient (Wildman–Crippen LogP) is 21.3. The number of hydrogen-bond acceptors (Lipinski definition) is 15. The lowest BCUT2D eigenvalue weighted by Gasteiger charge is -2.21. The van der Waals surface area contributed by atoms with Gasteiger partial charge in [-0.15, -0.1) is 0 Å². The van der Waals surface area contributed by atoms with E-state index in [1.807, 2.05) is 0 Å². The number of ether oxygens (including phenoxy) is 4. The van der Waals surface area contributed by atoms with Crippen molar-refractivity contribution in [2.75, 3.05) is 39.6 Å². The summed E-state index contributed by atoms with van der Waals surface area (Å²) in [6.07, 6.45) is 53.9. The summed E-state index contributed by atoms with van der Waals surface area (Å²) in [6.45, 7) is 7.27. The first-order chi connectivity index (χ1) is 44.6. The highest BCUT2D eigenvalue weighted by atomic mass is 31.2. The molecule has 0 rings (SSSR count). The molecule has 0 aromatic heterocycles. The molecule has 6 atom stereocenters. The highest BCUT2D eigenvalue weighted by molar-refractivity contribution is 7.47. The van der Waals surface area contributed by atoms with Crippen molar-refractivity contribution in [2.24, 2.45) is 5.92 Å². The Morgan fingerprint density at radius 3 is 0.772 bits per heavy atom. The van der Waals surface area contributed by atoms with Gasteiger partial charge in [0, 0.05) is 25.7 Å². The maximum Gasteiger partial charge on any atom is 0.472 e. The van der Waals surface area contributed by atoms with Gasteiger partial charge in [-0.3, -0.25) is 37.3 Å². The lowest BCUT2D eigenvalue weighted by atomic mass is 9.99. The predicted molar refractivity (Wildman–Crippen MR) is 372 cm³/mol. The molecular formula is C73H142O17P2. The zero-order chi connectivity index (χ0) is 67.7. The molecule has 92 heavy (non-hydrogen) atoms. The second-order valence-electron chi connectivity index (χ2n) is 26.6. The Bertz CT molecular complexity index is 1770. The van der Waals surface area contributed by atoms with E-state index in [2.05, 4.69) is 34.6 Å². The maximum atomic E-state index is 13.1. The van der Waals surface area contributed by atoms with Crippen LogP contribution in [0.4, 0.5) is 0 Å². The minimum atomic E-state index is -4.95. The summed E-state index contributed by atoms with van der Waals surface area (Å²) in [4.78, 5) is 72.7. The van der Waals surface area contributed by atoms with Gasteiger partial charge in [0.2, 0.25) is 0 Å². The second-order valence-corrected chi connectivity index (χ2v) is 29.5. The third kappa shape index (κ3) is 65.4. The van der Waals surface area contributed by atoms with Crippen LogP contribution in [0, 0.1) is 5.92 Å². The van der Waals surface area contributed by atoms with E-state index in [1.54, 1.807) is 0 Å². The smallest absolute Gasteiger partial charge is 0.462 e. The van der Waals surface area contributed by atoms with Gasteiger partial charge in [-0.2, -0.15) is 0 Å². The summed E-state index contributed by atoms with van der Waals surface area (Å²) in [5, 5.41) is 10.6. The quantitative estimate of drug-likeness (QED) is 0.0222. The van der Waals surface area contributed by atoms with E-state index in [-0.39, 0.29) is 25.7 Å². The molecule has 0 saturated heterocycles. The molecule has 0 aliphatic carbocycles. The molecule has 0 aromatic carbocycles. The van der Waals surface area contributed by atoms with Crippen molar-refractivity contribution in [2.45, 2.75) is 400 Å². The van der Waals surface area contributed by atoms with Crippen LogP contribution in [0.5, 0.6) is 0 Å². The van der Waals surface area contributed by atoms with Crippen LogP contribution in [-0.4, -0.2) is 96.7 Å². The van der Waals surface area contributed by atoms with Gasteiger partial charge >= 0.3 is 39.5 Å². The first-order valence-electron chi connectivity index (χ1n) is 38.2. The first kappa shape index (κ1) is 90.1. The van der Waals surface area contributed by atoms with Gasteiger partial charge in [0.15, 0.2) is 12.2 Å². The molecule has 0 aromatic rings. The van der Waals surface area contributed by atoms with Crippen LogP contribution in [0.3, 0.4) is 0 Å². The maximum absolute atomic E-state index is 13.1. The zero-order valence-electron chi connectivity index (χ0n) is 59.7. The Kier molecular flexibility index (Phi) is 64.9. The normalized spacial score (nSPS) is 14.3. The molecular weight excluding hydrogens is 1210 g/mol. The van der Waals surface area contributed by atoms with Crippen molar-refractivity contribution in [3.8, 4) is 0 Å². The first-order valence-corrected chi connectivity index (χ1v) is 41.2. The second kappa shape index (κ2) is 66.3. The molecule has 19 heteroatoms. The summed E-state index contributed by atoms with van der Waals surface area (Å²) < 4.78 is 68.4. The molecule has 0 fully saturated rings. The fourth-order valence-electron chi connectivity index (χ4n) is 11.1.